The number of methoxy groups -OCH3 is 1. The fourth-order valence-corrected chi connectivity index (χ4v) is 4.21. The number of benzene rings is 2. The Bertz CT molecular complexity index is 948. The number of halogens is 2. The number of hydrogen-bond acceptors (Lipinski definition) is 3. The van der Waals surface area contributed by atoms with Crippen molar-refractivity contribution in [3.63, 3.8) is 0 Å². The van der Waals surface area contributed by atoms with Crippen LogP contribution in [-0.4, -0.2) is 25.4 Å². The Morgan fingerprint density at radius 3 is 2.57 bits per heavy atom. The number of anilines is 1. The third-order valence-corrected chi connectivity index (χ3v) is 5.57. The van der Waals surface area contributed by atoms with E-state index in [1.165, 1.54) is 16.8 Å². The van der Waals surface area contributed by atoms with Crippen LogP contribution >= 0.6 is 23.2 Å². The number of nitrogens with zero attached hydrogens (tertiary/aromatic N) is 2. The summed E-state index contributed by atoms with van der Waals surface area (Å²) in [5, 5.41) is 1.11. The minimum Gasteiger partial charge on any atom is -0.496 e. The van der Waals surface area contributed by atoms with Gasteiger partial charge in [-0.05, 0) is 57.0 Å². The summed E-state index contributed by atoms with van der Waals surface area (Å²) in [6.45, 7) is 9.85. The first-order chi connectivity index (χ1) is 13.3. The summed E-state index contributed by atoms with van der Waals surface area (Å²) in [7, 11) is 1.69. The maximum Gasteiger partial charge on any atom is 0.129 e. The standard InChI is InChI=1S/C23H26Cl2N2O/c1-6-9-27-21-12-22(28-5)16(10-18(21)15(2)13-23(27,3)4)14-26-20-8-7-17(24)11-19(20)25/h7-8,10-14H,6,9H2,1-5H3. The number of fused-ring (bicyclic) bond motifs is 1. The molecule has 0 N–H and O–H groups in total. The van der Waals surface area contributed by atoms with Gasteiger partial charge in [0, 0.05) is 40.7 Å². The zero-order valence-electron chi connectivity index (χ0n) is 17.0. The third-order valence-electron chi connectivity index (χ3n) is 5.03. The van der Waals surface area contributed by atoms with Crippen LogP contribution in [0.1, 0.15) is 45.2 Å². The molecule has 148 valence electrons. The Hall–Kier alpha value is -1.97. The molecule has 0 saturated heterocycles. The average molecular weight is 417 g/mol. The molecule has 5 heteroatoms. The molecule has 0 unspecified atom stereocenters. The second kappa shape index (κ2) is 8.18. The van der Waals surface area contributed by atoms with E-state index in [-0.39, 0.29) is 5.54 Å². The van der Waals surface area contributed by atoms with E-state index in [1.807, 2.05) is 6.07 Å². The fourth-order valence-electron chi connectivity index (χ4n) is 3.76. The van der Waals surface area contributed by atoms with Crippen LogP contribution in [0.25, 0.3) is 5.57 Å². The van der Waals surface area contributed by atoms with Gasteiger partial charge in [-0.1, -0.05) is 36.2 Å². The van der Waals surface area contributed by atoms with E-state index >= 15 is 0 Å². The lowest BCUT2D eigenvalue weighted by molar-refractivity contribution is 0.413. The molecule has 1 aliphatic rings. The predicted molar refractivity (Wildman–Crippen MR) is 122 cm³/mol. The lowest BCUT2D eigenvalue weighted by Crippen LogP contribution is -2.45. The molecule has 1 aliphatic heterocycles. The van der Waals surface area contributed by atoms with Crippen molar-refractivity contribution in [3.05, 3.63) is 57.6 Å². The second-order valence-electron chi connectivity index (χ2n) is 7.60. The molecule has 2 aromatic carbocycles. The van der Waals surface area contributed by atoms with Crippen LogP contribution in [-0.2, 0) is 0 Å². The quantitative estimate of drug-likeness (QED) is 0.482. The van der Waals surface area contributed by atoms with E-state index in [4.69, 9.17) is 27.9 Å². The highest BCUT2D eigenvalue weighted by Crippen LogP contribution is 2.42. The van der Waals surface area contributed by atoms with E-state index in [9.17, 15) is 0 Å². The van der Waals surface area contributed by atoms with Crippen LogP contribution in [0.5, 0.6) is 5.75 Å². The highest BCUT2D eigenvalue weighted by molar-refractivity contribution is 6.36. The molecule has 2 aromatic rings. The summed E-state index contributed by atoms with van der Waals surface area (Å²) in [6.07, 6.45) is 5.20. The number of aliphatic imine (C=N–C) groups is 1. The summed E-state index contributed by atoms with van der Waals surface area (Å²) >= 11 is 12.2. The minimum absolute atomic E-state index is 0.0372. The van der Waals surface area contributed by atoms with Gasteiger partial charge in [0.2, 0.25) is 0 Å². The minimum atomic E-state index is -0.0372. The summed E-state index contributed by atoms with van der Waals surface area (Å²) in [4.78, 5) is 6.99. The molecular weight excluding hydrogens is 391 g/mol. The Morgan fingerprint density at radius 1 is 1.18 bits per heavy atom. The Kier molecular flexibility index (Phi) is 6.07. The first-order valence-electron chi connectivity index (χ1n) is 9.45. The van der Waals surface area contributed by atoms with Crippen LogP contribution in [0.3, 0.4) is 0 Å². The first-order valence-corrected chi connectivity index (χ1v) is 10.2. The smallest absolute Gasteiger partial charge is 0.129 e. The number of rotatable bonds is 5. The molecule has 1 heterocycles. The van der Waals surface area contributed by atoms with Gasteiger partial charge in [-0.2, -0.15) is 0 Å². The van der Waals surface area contributed by atoms with Crippen molar-refractivity contribution in [2.45, 2.75) is 39.7 Å². The van der Waals surface area contributed by atoms with Crippen molar-refractivity contribution < 1.29 is 4.74 Å². The average Bonchev–Trinajstić information content (AvgIpc) is 2.63. The molecule has 3 nitrogen and oxygen atoms in total. The van der Waals surface area contributed by atoms with Gasteiger partial charge in [0.1, 0.15) is 5.75 Å². The predicted octanol–water partition coefficient (Wildman–Crippen LogP) is 7.16. The van der Waals surface area contributed by atoms with Crippen LogP contribution in [0.2, 0.25) is 10.0 Å². The topological polar surface area (TPSA) is 24.8 Å². The van der Waals surface area contributed by atoms with Crippen molar-refractivity contribution in [1.29, 1.82) is 0 Å². The van der Waals surface area contributed by atoms with Gasteiger partial charge in [-0.3, -0.25) is 4.99 Å². The van der Waals surface area contributed by atoms with Crippen molar-refractivity contribution in [1.82, 2.24) is 0 Å². The van der Waals surface area contributed by atoms with E-state index in [0.29, 0.717) is 15.7 Å². The molecule has 0 fully saturated rings. The van der Waals surface area contributed by atoms with Crippen molar-refractivity contribution in [2.75, 3.05) is 18.6 Å². The molecule has 3 rings (SSSR count). The van der Waals surface area contributed by atoms with Gasteiger partial charge in [0.25, 0.3) is 0 Å². The van der Waals surface area contributed by atoms with E-state index in [1.54, 1.807) is 25.5 Å². The Labute approximate surface area is 177 Å². The first kappa shape index (κ1) is 20.8. The lowest BCUT2D eigenvalue weighted by atomic mass is 9.87. The van der Waals surface area contributed by atoms with Crippen LogP contribution in [0.15, 0.2) is 41.4 Å². The van der Waals surface area contributed by atoms with Gasteiger partial charge >= 0.3 is 0 Å². The summed E-state index contributed by atoms with van der Waals surface area (Å²) in [5.41, 5.74) is 5.21. The van der Waals surface area contributed by atoms with Gasteiger partial charge in [-0.25, -0.2) is 0 Å². The second-order valence-corrected chi connectivity index (χ2v) is 8.44. The molecule has 0 aliphatic carbocycles. The van der Waals surface area contributed by atoms with Gasteiger partial charge in [0.15, 0.2) is 0 Å². The van der Waals surface area contributed by atoms with Crippen LogP contribution in [0.4, 0.5) is 11.4 Å². The molecular formula is C23H26Cl2N2O. The number of hydrogen-bond donors (Lipinski definition) is 0. The monoisotopic (exact) mass is 416 g/mol. The maximum atomic E-state index is 6.25. The number of ether oxygens (including phenoxy) is 1. The SMILES string of the molecule is CCCN1c2cc(OC)c(C=Nc3ccc(Cl)cc3Cl)cc2C(C)=CC1(C)C. The maximum absolute atomic E-state index is 6.25. The van der Waals surface area contributed by atoms with Gasteiger partial charge < -0.3 is 9.64 Å². The van der Waals surface area contributed by atoms with Crippen molar-refractivity contribution in [3.8, 4) is 5.75 Å². The van der Waals surface area contributed by atoms with Gasteiger partial charge in [-0.15, -0.1) is 0 Å². The normalized spacial score (nSPS) is 15.5. The Balaban J connectivity index is 2.07. The van der Waals surface area contributed by atoms with E-state index in [0.717, 1.165) is 24.3 Å². The largest absolute Gasteiger partial charge is 0.496 e. The molecule has 0 saturated carbocycles. The highest BCUT2D eigenvalue weighted by Gasteiger charge is 2.31. The Morgan fingerprint density at radius 2 is 1.93 bits per heavy atom. The van der Waals surface area contributed by atoms with Crippen LogP contribution in [0, 0.1) is 0 Å². The number of allylic oxidation sites excluding steroid dienone is 1. The molecule has 0 radical (unpaired) electrons. The van der Waals surface area contributed by atoms with Crippen molar-refractivity contribution >= 4 is 46.4 Å². The molecule has 0 aromatic heterocycles. The molecule has 28 heavy (non-hydrogen) atoms. The summed E-state index contributed by atoms with van der Waals surface area (Å²) in [5.74, 6) is 0.791. The van der Waals surface area contributed by atoms with Gasteiger partial charge in [0.05, 0.1) is 23.4 Å². The molecule has 0 amide bonds. The van der Waals surface area contributed by atoms with E-state index in [2.05, 4.69) is 55.8 Å². The lowest BCUT2D eigenvalue weighted by Gasteiger charge is -2.43. The van der Waals surface area contributed by atoms with Crippen LogP contribution < -0.4 is 9.64 Å². The van der Waals surface area contributed by atoms with E-state index < -0.39 is 0 Å². The fraction of sp³-hybridized carbons (Fsp3) is 0.348. The summed E-state index contributed by atoms with van der Waals surface area (Å²) < 4.78 is 5.69. The summed E-state index contributed by atoms with van der Waals surface area (Å²) in [6, 6.07) is 9.54. The molecule has 0 atom stereocenters. The molecule has 0 spiro atoms. The van der Waals surface area contributed by atoms with Crippen molar-refractivity contribution in [2.24, 2.45) is 4.99 Å². The highest BCUT2D eigenvalue weighted by atomic mass is 35.5. The molecule has 0 bridgehead atoms. The third kappa shape index (κ3) is 4.06. The zero-order chi connectivity index (χ0) is 20.5. The zero-order valence-corrected chi connectivity index (χ0v) is 18.5.